The van der Waals surface area contributed by atoms with Crippen LogP contribution in [0.15, 0.2) is 48.0 Å². The number of hydrogen-bond acceptors (Lipinski definition) is 1. The normalized spacial score (nSPS) is 20.4. The molecule has 1 nitrogen and oxygen atoms in total. The van der Waals surface area contributed by atoms with E-state index in [9.17, 15) is 4.39 Å². The maximum absolute atomic E-state index is 13.9. The number of nitrogens with two attached hydrogens (primary N) is 1. The van der Waals surface area contributed by atoms with Gasteiger partial charge in [0.1, 0.15) is 5.82 Å². The van der Waals surface area contributed by atoms with Crippen LogP contribution in [0.3, 0.4) is 0 Å². The average molecular weight is 283 g/mol. The van der Waals surface area contributed by atoms with Crippen molar-refractivity contribution in [2.24, 2.45) is 5.73 Å². The van der Waals surface area contributed by atoms with Gasteiger partial charge in [0.2, 0.25) is 0 Å². The third-order valence-corrected chi connectivity index (χ3v) is 4.47. The Morgan fingerprint density at radius 1 is 0.905 bits per heavy atom. The summed E-state index contributed by atoms with van der Waals surface area (Å²) < 4.78 is 13.9. The SMILES string of the molecule is NC(/C1=C/CCCCCC1)c1ccc(F)c2ccccc12. The van der Waals surface area contributed by atoms with E-state index in [0.717, 1.165) is 23.8 Å². The zero-order valence-electron chi connectivity index (χ0n) is 12.3. The first kappa shape index (κ1) is 14.3. The van der Waals surface area contributed by atoms with Crippen molar-refractivity contribution in [1.82, 2.24) is 0 Å². The fourth-order valence-electron chi connectivity index (χ4n) is 3.26. The predicted molar refractivity (Wildman–Crippen MR) is 86.6 cm³/mol. The third-order valence-electron chi connectivity index (χ3n) is 4.47. The van der Waals surface area contributed by atoms with Crippen LogP contribution in [0, 0.1) is 5.82 Å². The fraction of sp³-hybridized carbons (Fsp3) is 0.368. The van der Waals surface area contributed by atoms with Gasteiger partial charge in [0.15, 0.2) is 0 Å². The van der Waals surface area contributed by atoms with Crippen LogP contribution < -0.4 is 5.73 Å². The molecule has 0 heterocycles. The summed E-state index contributed by atoms with van der Waals surface area (Å²) >= 11 is 0. The van der Waals surface area contributed by atoms with Gasteiger partial charge in [0, 0.05) is 5.39 Å². The number of halogens is 1. The van der Waals surface area contributed by atoms with Crippen LogP contribution >= 0.6 is 0 Å². The summed E-state index contributed by atoms with van der Waals surface area (Å²) in [5.74, 6) is -0.173. The maximum Gasteiger partial charge on any atom is 0.131 e. The molecule has 1 atom stereocenters. The highest BCUT2D eigenvalue weighted by Gasteiger charge is 2.16. The molecule has 0 spiro atoms. The van der Waals surface area contributed by atoms with Gasteiger partial charge >= 0.3 is 0 Å². The van der Waals surface area contributed by atoms with Crippen LogP contribution in [0.5, 0.6) is 0 Å². The first-order valence-corrected chi connectivity index (χ1v) is 7.89. The molecular weight excluding hydrogens is 261 g/mol. The van der Waals surface area contributed by atoms with E-state index in [1.165, 1.54) is 31.3 Å². The fourth-order valence-corrected chi connectivity index (χ4v) is 3.26. The lowest BCUT2D eigenvalue weighted by molar-refractivity contribution is 0.602. The largest absolute Gasteiger partial charge is 0.321 e. The van der Waals surface area contributed by atoms with Gasteiger partial charge in [-0.05, 0) is 42.7 Å². The van der Waals surface area contributed by atoms with Crippen molar-refractivity contribution in [3.05, 3.63) is 59.4 Å². The standard InChI is InChI=1S/C19H22FN/c20-18-13-12-17(15-10-6-7-11-16(15)18)19(21)14-8-4-2-1-3-5-9-14/h6-8,10-13,19H,1-5,9,21H2/b14-8+. The van der Waals surface area contributed by atoms with Gasteiger partial charge in [0.05, 0.1) is 6.04 Å². The lowest BCUT2D eigenvalue weighted by Gasteiger charge is -2.20. The van der Waals surface area contributed by atoms with E-state index in [2.05, 4.69) is 6.08 Å². The minimum atomic E-state index is -0.173. The van der Waals surface area contributed by atoms with E-state index >= 15 is 0 Å². The van der Waals surface area contributed by atoms with E-state index in [1.807, 2.05) is 30.3 Å². The molecule has 2 heteroatoms. The number of hydrogen-bond donors (Lipinski definition) is 1. The Kier molecular flexibility index (Phi) is 4.35. The summed E-state index contributed by atoms with van der Waals surface area (Å²) in [4.78, 5) is 0. The van der Waals surface area contributed by atoms with Gasteiger partial charge in [-0.2, -0.15) is 0 Å². The first-order valence-electron chi connectivity index (χ1n) is 7.89. The highest BCUT2D eigenvalue weighted by atomic mass is 19.1. The van der Waals surface area contributed by atoms with Gasteiger partial charge in [-0.3, -0.25) is 0 Å². The van der Waals surface area contributed by atoms with E-state index < -0.39 is 0 Å². The van der Waals surface area contributed by atoms with Crippen LogP contribution in [-0.4, -0.2) is 0 Å². The van der Waals surface area contributed by atoms with Crippen molar-refractivity contribution in [2.45, 2.75) is 44.6 Å². The lowest BCUT2D eigenvalue weighted by Crippen LogP contribution is -2.14. The van der Waals surface area contributed by atoms with E-state index in [0.29, 0.717) is 5.39 Å². The van der Waals surface area contributed by atoms with Crippen LogP contribution in [0.2, 0.25) is 0 Å². The molecule has 1 aliphatic carbocycles. The Morgan fingerprint density at radius 3 is 2.52 bits per heavy atom. The molecule has 21 heavy (non-hydrogen) atoms. The molecule has 0 radical (unpaired) electrons. The molecule has 1 aliphatic rings. The molecule has 2 aromatic rings. The Labute approximate surface area is 125 Å². The molecule has 0 fully saturated rings. The molecular formula is C19H22FN. The molecule has 0 saturated carbocycles. The van der Waals surface area contributed by atoms with Gasteiger partial charge in [0.25, 0.3) is 0 Å². The summed E-state index contributed by atoms with van der Waals surface area (Å²) in [5.41, 5.74) is 8.87. The zero-order valence-corrected chi connectivity index (χ0v) is 12.3. The molecule has 0 bridgehead atoms. The second-order valence-electron chi connectivity index (χ2n) is 5.89. The van der Waals surface area contributed by atoms with Gasteiger partial charge < -0.3 is 5.73 Å². The Bertz CT molecular complexity index is 660. The molecule has 0 aliphatic heterocycles. The van der Waals surface area contributed by atoms with Crippen molar-refractivity contribution in [1.29, 1.82) is 0 Å². The van der Waals surface area contributed by atoms with Gasteiger partial charge in [-0.1, -0.05) is 54.8 Å². The topological polar surface area (TPSA) is 26.0 Å². The molecule has 0 amide bonds. The molecule has 110 valence electrons. The number of allylic oxidation sites excluding steroid dienone is 1. The minimum Gasteiger partial charge on any atom is -0.321 e. The van der Waals surface area contributed by atoms with Crippen LogP contribution in [-0.2, 0) is 0 Å². The Morgan fingerprint density at radius 2 is 1.67 bits per heavy atom. The number of rotatable bonds is 2. The molecule has 3 rings (SSSR count). The highest BCUT2D eigenvalue weighted by Crippen LogP contribution is 2.32. The van der Waals surface area contributed by atoms with Crippen molar-refractivity contribution in [2.75, 3.05) is 0 Å². The first-order chi connectivity index (χ1) is 10.3. The average Bonchev–Trinajstić information content (AvgIpc) is 2.47. The van der Waals surface area contributed by atoms with Crippen molar-refractivity contribution in [3.8, 4) is 0 Å². The van der Waals surface area contributed by atoms with E-state index in [4.69, 9.17) is 5.73 Å². The van der Waals surface area contributed by atoms with Crippen molar-refractivity contribution in [3.63, 3.8) is 0 Å². The molecule has 2 aromatic carbocycles. The Balaban J connectivity index is 2.01. The van der Waals surface area contributed by atoms with E-state index in [-0.39, 0.29) is 11.9 Å². The second-order valence-corrected chi connectivity index (χ2v) is 5.89. The molecule has 1 unspecified atom stereocenters. The summed E-state index contributed by atoms with van der Waals surface area (Å²) in [5, 5.41) is 1.60. The molecule has 0 aromatic heterocycles. The molecule has 2 N–H and O–H groups in total. The van der Waals surface area contributed by atoms with E-state index in [1.54, 1.807) is 6.07 Å². The highest BCUT2D eigenvalue weighted by molar-refractivity contribution is 5.87. The smallest absolute Gasteiger partial charge is 0.131 e. The lowest BCUT2D eigenvalue weighted by atomic mass is 9.89. The van der Waals surface area contributed by atoms with Gasteiger partial charge in [-0.15, -0.1) is 0 Å². The van der Waals surface area contributed by atoms with Crippen LogP contribution in [0.4, 0.5) is 4.39 Å². The van der Waals surface area contributed by atoms with Crippen molar-refractivity contribution < 1.29 is 4.39 Å². The number of fused-ring (bicyclic) bond motifs is 1. The number of benzene rings is 2. The summed E-state index contributed by atoms with van der Waals surface area (Å²) in [6.45, 7) is 0. The third kappa shape index (κ3) is 3.01. The van der Waals surface area contributed by atoms with Crippen LogP contribution in [0.1, 0.15) is 50.1 Å². The summed E-state index contributed by atoms with van der Waals surface area (Å²) in [6, 6.07) is 10.9. The van der Waals surface area contributed by atoms with Crippen molar-refractivity contribution >= 4 is 10.8 Å². The maximum atomic E-state index is 13.9. The summed E-state index contributed by atoms with van der Waals surface area (Å²) in [7, 11) is 0. The van der Waals surface area contributed by atoms with Gasteiger partial charge in [-0.25, -0.2) is 4.39 Å². The zero-order chi connectivity index (χ0) is 14.7. The quantitative estimate of drug-likeness (QED) is 0.747. The Hall–Kier alpha value is -1.67. The molecule has 0 saturated heterocycles. The second kappa shape index (κ2) is 6.40. The monoisotopic (exact) mass is 283 g/mol. The minimum absolute atomic E-state index is 0.117. The predicted octanol–water partition coefficient (Wildman–Crippen LogP) is 5.26. The summed E-state index contributed by atoms with van der Waals surface area (Å²) in [6.07, 6.45) is 9.54. The van der Waals surface area contributed by atoms with Crippen LogP contribution in [0.25, 0.3) is 10.8 Å².